The standard InChI is InChI=1S/C6H10O6/c1-2(7)3(8)4(9)5(10)6(11)12/h3-5,8-10H,1H3,(H,11,12)/t3-,4+,5-/m0/s1. The first-order chi connectivity index (χ1) is 5.37. The van der Waals surface area contributed by atoms with E-state index in [1.54, 1.807) is 0 Å². The largest absolute Gasteiger partial charge is 0.479 e. The van der Waals surface area contributed by atoms with Gasteiger partial charge in [-0.3, -0.25) is 4.79 Å². The van der Waals surface area contributed by atoms with Crippen molar-refractivity contribution < 1.29 is 30.0 Å². The van der Waals surface area contributed by atoms with Crippen molar-refractivity contribution in [3.05, 3.63) is 0 Å². The van der Waals surface area contributed by atoms with Crippen molar-refractivity contribution >= 4 is 11.8 Å². The van der Waals surface area contributed by atoms with Gasteiger partial charge in [0.25, 0.3) is 0 Å². The summed E-state index contributed by atoms with van der Waals surface area (Å²) in [6.07, 6.45) is -6.00. The van der Waals surface area contributed by atoms with Crippen LogP contribution < -0.4 is 0 Å². The molecule has 4 N–H and O–H groups in total. The Morgan fingerprint density at radius 1 is 1.08 bits per heavy atom. The Morgan fingerprint density at radius 3 is 1.75 bits per heavy atom. The zero-order valence-electron chi connectivity index (χ0n) is 6.34. The molecule has 0 aromatic rings. The number of rotatable bonds is 4. The van der Waals surface area contributed by atoms with E-state index >= 15 is 0 Å². The van der Waals surface area contributed by atoms with Gasteiger partial charge in [0.15, 0.2) is 11.9 Å². The molecule has 6 nitrogen and oxygen atoms in total. The third kappa shape index (κ3) is 2.57. The van der Waals surface area contributed by atoms with Crippen molar-refractivity contribution in [3.63, 3.8) is 0 Å². The fraction of sp³-hybridized carbons (Fsp3) is 0.667. The third-order valence-corrected chi connectivity index (χ3v) is 1.32. The first-order valence-electron chi connectivity index (χ1n) is 3.15. The summed E-state index contributed by atoms with van der Waals surface area (Å²) in [7, 11) is 0. The summed E-state index contributed by atoms with van der Waals surface area (Å²) in [5.41, 5.74) is 0. The summed E-state index contributed by atoms with van der Waals surface area (Å²) in [5, 5.41) is 34.4. The molecule has 0 rings (SSSR count). The van der Waals surface area contributed by atoms with Crippen molar-refractivity contribution in [1.82, 2.24) is 0 Å². The zero-order chi connectivity index (χ0) is 9.89. The van der Waals surface area contributed by atoms with Gasteiger partial charge in [0.05, 0.1) is 0 Å². The maximum Gasteiger partial charge on any atom is 0.335 e. The van der Waals surface area contributed by atoms with Gasteiger partial charge in [-0.1, -0.05) is 0 Å². The Labute approximate surface area is 68.1 Å². The molecule has 0 heterocycles. The molecule has 0 saturated carbocycles. The number of Topliss-reactive ketones (excluding diaryl/α,β-unsaturated/α-hetero) is 1. The molecular weight excluding hydrogens is 168 g/mol. The Hall–Kier alpha value is -0.980. The molecule has 0 radical (unpaired) electrons. The smallest absolute Gasteiger partial charge is 0.335 e. The molecule has 0 aliphatic rings. The first-order valence-corrected chi connectivity index (χ1v) is 3.15. The Bertz CT molecular complexity index is 168. The van der Waals surface area contributed by atoms with Gasteiger partial charge in [-0.2, -0.15) is 0 Å². The highest BCUT2D eigenvalue weighted by molar-refractivity contribution is 5.82. The van der Waals surface area contributed by atoms with Crippen molar-refractivity contribution in [2.45, 2.75) is 25.2 Å². The predicted octanol–water partition coefficient (Wildman–Crippen LogP) is -2.26. The number of aliphatic hydroxyl groups excluding tert-OH is 3. The van der Waals surface area contributed by atoms with E-state index in [0.717, 1.165) is 6.92 Å². The lowest BCUT2D eigenvalue weighted by Gasteiger charge is -2.17. The van der Waals surface area contributed by atoms with E-state index in [2.05, 4.69) is 0 Å². The van der Waals surface area contributed by atoms with E-state index in [9.17, 15) is 9.59 Å². The number of hydrogen-bond acceptors (Lipinski definition) is 5. The number of carboxylic acid groups (broad SMARTS) is 1. The zero-order valence-corrected chi connectivity index (χ0v) is 6.34. The molecule has 0 unspecified atom stereocenters. The molecule has 0 saturated heterocycles. The maximum absolute atomic E-state index is 10.4. The molecule has 70 valence electrons. The highest BCUT2D eigenvalue weighted by Crippen LogP contribution is 2.01. The van der Waals surface area contributed by atoms with E-state index in [1.807, 2.05) is 0 Å². The van der Waals surface area contributed by atoms with Crippen LogP contribution in [-0.4, -0.2) is 50.5 Å². The lowest BCUT2D eigenvalue weighted by molar-refractivity contribution is -0.160. The lowest BCUT2D eigenvalue weighted by atomic mass is 10.1. The molecule has 0 aliphatic heterocycles. The molecular formula is C6H10O6. The van der Waals surface area contributed by atoms with Crippen LogP contribution in [0.2, 0.25) is 0 Å². The van der Waals surface area contributed by atoms with Crippen LogP contribution in [0.15, 0.2) is 0 Å². The van der Waals surface area contributed by atoms with E-state index < -0.39 is 30.1 Å². The molecule has 3 atom stereocenters. The average Bonchev–Trinajstić information content (AvgIpc) is 2.00. The minimum atomic E-state index is -2.15. The number of aliphatic hydroxyl groups is 3. The summed E-state index contributed by atoms with van der Waals surface area (Å²) in [6.45, 7) is 0.975. The highest BCUT2D eigenvalue weighted by atomic mass is 16.4. The van der Waals surface area contributed by atoms with Crippen molar-refractivity contribution in [3.8, 4) is 0 Å². The van der Waals surface area contributed by atoms with Crippen LogP contribution >= 0.6 is 0 Å². The number of carboxylic acids is 1. The number of carbonyl (C=O) groups is 2. The van der Waals surface area contributed by atoms with Gasteiger partial charge < -0.3 is 20.4 Å². The number of hydrogen-bond donors (Lipinski definition) is 4. The molecule has 0 aliphatic carbocycles. The molecule has 0 aromatic heterocycles. The SMILES string of the molecule is CC(=O)[C@H](O)[C@@H](O)[C@H](O)C(=O)O. The molecule has 0 spiro atoms. The second kappa shape index (κ2) is 4.15. The average molecular weight is 178 g/mol. The first kappa shape index (κ1) is 11.0. The van der Waals surface area contributed by atoms with Gasteiger partial charge >= 0.3 is 5.97 Å². The molecule has 0 bridgehead atoms. The number of carbonyl (C=O) groups excluding carboxylic acids is 1. The fourth-order valence-electron chi connectivity index (χ4n) is 0.559. The van der Waals surface area contributed by atoms with E-state index in [0.29, 0.717) is 0 Å². The molecule has 0 amide bonds. The summed E-state index contributed by atoms with van der Waals surface area (Å²) >= 11 is 0. The van der Waals surface area contributed by atoms with E-state index in [4.69, 9.17) is 20.4 Å². The monoisotopic (exact) mass is 178 g/mol. The van der Waals surface area contributed by atoms with Gasteiger partial charge in [0, 0.05) is 0 Å². The predicted molar refractivity (Wildman–Crippen MR) is 36.3 cm³/mol. The van der Waals surface area contributed by atoms with Gasteiger partial charge in [-0.15, -0.1) is 0 Å². The number of ketones is 1. The summed E-state index contributed by atoms with van der Waals surface area (Å²) in [4.78, 5) is 20.4. The summed E-state index contributed by atoms with van der Waals surface area (Å²) < 4.78 is 0. The quantitative estimate of drug-likeness (QED) is 0.386. The van der Waals surface area contributed by atoms with Gasteiger partial charge in [-0.25, -0.2) is 4.79 Å². The Kier molecular flexibility index (Phi) is 3.81. The van der Waals surface area contributed by atoms with E-state index in [-0.39, 0.29) is 0 Å². The molecule has 0 fully saturated rings. The fourth-order valence-corrected chi connectivity index (χ4v) is 0.559. The minimum Gasteiger partial charge on any atom is -0.479 e. The van der Waals surface area contributed by atoms with Crippen molar-refractivity contribution in [1.29, 1.82) is 0 Å². The van der Waals surface area contributed by atoms with Crippen LogP contribution in [-0.2, 0) is 9.59 Å². The van der Waals surface area contributed by atoms with Crippen LogP contribution in [0, 0.1) is 0 Å². The van der Waals surface area contributed by atoms with Gasteiger partial charge in [0.1, 0.15) is 12.2 Å². The minimum absolute atomic E-state index is 0.803. The summed E-state index contributed by atoms with van der Waals surface area (Å²) in [6, 6.07) is 0. The highest BCUT2D eigenvalue weighted by Gasteiger charge is 2.32. The van der Waals surface area contributed by atoms with Crippen LogP contribution in [0.3, 0.4) is 0 Å². The second-order valence-electron chi connectivity index (χ2n) is 2.33. The summed E-state index contributed by atoms with van der Waals surface area (Å²) in [5.74, 6) is -2.49. The Morgan fingerprint density at radius 2 is 1.50 bits per heavy atom. The van der Waals surface area contributed by atoms with Crippen LogP contribution in [0.1, 0.15) is 6.92 Å². The van der Waals surface area contributed by atoms with Crippen LogP contribution in [0.25, 0.3) is 0 Å². The Balaban J connectivity index is 4.28. The van der Waals surface area contributed by atoms with Crippen molar-refractivity contribution in [2.24, 2.45) is 0 Å². The third-order valence-electron chi connectivity index (χ3n) is 1.32. The second-order valence-corrected chi connectivity index (χ2v) is 2.33. The van der Waals surface area contributed by atoms with Crippen LogP contribution in [0.5, 0.6) is 0 Å². The molecule has 12 heavy (non-hydrogen) atoms. The van der Waals surface area contributed by atoms with Crippen LogP contribution in [0.4, 0.5) is 0 Å². The number of aliphatic carboxylic acids is 1. The normalized spacial score (nSPS) is 18.0. The maximum atomic E-state index is 10.4. The van der Waals surface area contributed by atoms with Gasteiger partial charge in [0.2, 0.25) is 0 Å². The lowest BCUT2D eigenvalue weighted by Crippen LogP contribution is -2.45. The van der Waals surface area contributed by atoms with Gasteiger partial charge in [-0.05, 0) is 6.92 Å². The van der Waals surface area contributed by atoms with E-state index in [1.165, 1.54) is 0 Å². The topological polar surface area (TPSA) is 115 Å². The van der Waals surface area contributed by atoms with Crippen molar-refractivity contribution in [2.75, 3.05) is 0 Å². The molecule has 0 aromatic carbocycles. The molecule has 6 heteroatoms.